The Morgan fingerprint density at radius 1 is 0.900 bits per heavy atom. The first-order chi connectivity index (χ1) is 19.2. The van der Waals surface area contributed by atoms with Crippen LogP contribution in [0.25, 0.3) is 10.9 Å². The molecular formula is C34H32FN4O+. The van der Waals surface area contributed by atoms with E-state index in [4.69, 9.17) is 0 Å². The molecule has 0 atom stereocenters. The van der Waals surface area contributed by atoms with Gasteiger partial charge in [0, 0.05) is 29.6 Å². The second kappa shape index (κ2) is 11.2. The highest BCUT2D eigenvalue weighted by atomic mass is 19.1. The molecule has 1 N–H and O–H groups in total. The summed E-state index contributed by atoms with van der Waals surface area (Å²) in [5.41, 5.74) is 6.60. The van der Waals surface area contributed by atoms with Crippen molar-refractivity contribution in [2.24, 2.45) is 0 Å². The number of carbonyl (C=O) groups excluding carboxylic acids is 1. The molecule has 1 amide bonds. The Kier molecular flexibility index (Phi) is 7.50. The lowest BCUT2D eigenvalue weighted by Crippen LogP contribution is -2.39. The van der Waals surface area contributed by atoms with Crippen LogP contribution in [0.5, 0.6) is 0 Å². The van der Waals surface area contributed by atoms with Crippen LogP contribution in [-0.2, 0) is 19.6 Å². The number of benzene rings is 4. The molecule has 0 spiro atoms. The Morgan fingerprint density at radius 3 is 2.35 bits per heavy atom. The summed E-state index contributed by atoms with van der Waals surface area (Å²) in [4.78, 5) is 13.5. The number of fused-ring (bicyclic) bond motifs is 1. The SMILES string of the molecule is Cc1c(F)ccc2c1cc(C(=O)NCc1ccc([N+](C)(C)Cc3ccccc3)cc1)n2Cc1cccc(C#N)c1. The van der Waals surface area contributed by atoms with Crippen LogP contribution in [0.2, 0.25) is 0 Å². The van der Waals surface area contributed by atoms with Crippen molar-refractivity contribution < 1.29 is 9.18 Å². The molecule has 0 aliphatic heterocycles. The highest BCUT2D eigenvalue weighted by molar-refractivity contribution is 5.99. The third kappa shape index (κ3) is 5.66. The average molecular weight is 532 g/mol. The van der Waals surface area contributed by atoms with E-state index in [0.29, 0.717) is 39.8 Å². The fraction of sp³-hybridized carbons (Fsp3) is 0.176. The van der Waals surface area contributed by atoms with E-state index in [1.165, 1.54) is 17.3 Å². The van der Waals surface area contributed by atoms with Gasteiger partial charge in [-0.2, -0.15) is 5.26 Å². The van der Waals surface area contributed by atoms with Gasteiger partial charge in [-0.1, -0.05) is 54.6 Å². The maximum Gasteiger partial charge on any atom is 0.268 e. The highest BCUT2D eigenvalue weighted by Crippen LogP contribution is 2.27. The summed E-state index contributed by atoms with van der Waals surface area (Å²) in [6, 6.07) is 33.1. The first-order valence-electron chi connectivity index (χ1n) is 13.3. The Bertz CT molecular complexity index is 1710. The van der Waals surface area contributed by atoms with Crippen molar-refractivity contribution in [2.75, 3.05) is 14.1 Å². The number of aryl methyl sites for hydroxylation is 1. The molecule has 200 valence electrons. The van der Waals surface area contributed by atoms with Crippen LogP contribution in [0.3, 0.4) is 0 Å². The van der Waals surface area contributed by atoms with Gasteiger partial charge >= 0.3 is 0 Å². The Labute approximate surface area is 234 Å². The van der Waals surface area contributed by atoms with Gasteiger partial charge in [0.05, 0.1) is 25.7 Å². The molecule has 0 saturated carbocycles. The molecular weight excluding hydrogens is 499 g/mol. The fourth-order valence-corrected chi connectivity index (χ4v) is 5.15. The van der Waals surface area contributed by atoms with E-state index >= 15 is 0 Å². The summed E-state index contributed by atoms with van der Waals surface area (Å²) in [6.07, 6.45) is 0. The molecule has 0 unspecified atom stereocenters. The number of quaternary nitrogens is 1. The Balaban J connectivity index is 1.36. The summed E-state index contributed by atoms with van der Waals surface area (Å²) in [7, 11) is 4.36. The minimum atomic E-state index is -0.309. The van der Waals surface area contributed by atoms with Gasteiger partial charge in [0.2, 0.25) is 0 Å². The number of hydrogen-bond acceptors (Lipinski definition) is 2. The van der Waals surface area contributed by atoms with E-state index in [1.54, 1.807) is 25.1 Å². The largest absolute Gasteiger partial charge is 0.347 e. The molecule has 40 heavy (non-hydrogen) atoms. The molecule has 0 aliphatic rings. The Hall–Kier alpha value is -4.73. The van der Waals surface area contributed by atoms with E-state index < -0.39 is 0 Å². The van der Waals surface area contributed by atoms with Crippen LogP contribution in [0.15, 0.2) is 97.1 Å². The molecule has 1 heterocycles. The summed E-state index contributed by atoms with van der Waals surface area (Å²) < 4.78 is 17.0. The zero-order valence-corrected chi connectivity index (χ0v) is 23.0. The molecule has 0 bridgehead atoms. The molecule has 0 fully saturated rings. The molecule has 4 aromatic carbocycles. The van der Waals surface area contributed by atoms with E-state index in [9.17, 15) is 14.4 Å². The maximum absolute atomic E-state index is 14.4. The summed E-state index contributed by atoms with van der Waals surface area (Å²) in [6.45, 7) is 3.35. The number of hydrogen-bond donors (Lipinski definition) is 1. The van der Waals surface area contributed by atoms with Gasteiger partial charge in [0.25, 0.3) is 5.91 Å². The van der Waals surface area contributed by atoms with Crippen molar-refractivity contribution in [3.05, 3.63) is 136 Å². The number of nitrogens with zero attached hydrogens (tertiary/aromatic N) is 3. The van der Waals surface area contributed by atoms with Gasteiger partial charge in [0.15, 0.2) is 0 Å². The van der Waals surface area contributed by atoms with Gasteiger partial charge in [-0.3, -0.25) is 9.28 Å². The molecule has 0 radical (unpaired) electrons. The number of nitrogens with one attached hydrogen (secondary N) is 1. The van der Waals surface area contributed by atoms with Crippen LogP contribution < -0.4 is 9.80 Å². The predicted octanol–water partition coefficient (Wildman–Crippen LogP) is 6.71. The van der Waals surface area contributed by atoms with Crippen molar-refractivity contribution in [1.29, 1.82) is 5.26 Å². The lowest BCUT2D eigenvalue weighted by molar-refractivity contribution is 0.0942. The summed E-state index contributed by atoms with van der Waals surface area (Å²) >= 11 is 0. The summed E-state index contributed by atoms with van der Waals surface area (Å²) in [5.74, 6) is -0.548. The van der Waals surface area contributed by atoms with Crippen molar-refractivity contribution >= 4 is 22.5 Å². The van der Waals surface area contributed by atoms with Gasteiger partial charge in [-0.05, 0) is 66.1 Å². The number of aromatic nitrogens is 1. The first kappa shape index (κ1) is 26.9. The third-order valence-corrected chi connectivity index (χ3v) is 7.43. The van der Waals surface area contributed by atoms with Crippen LogP contribution in [-0.4, -0.2) is 24.6 Å². The molecule has 6 heteroatoms. The van der Waals surface area contributed by atoms with Crippen molar-refractivity contribution in [3.63, 3.8) is 0 Å². The maximum atomic E-state index is 14.4. The topological polar surface area (TPSA) is 57.8 Å². The van der Waals surface area contributed by atoms with Crippen molar-refractivity contribution in [3.8, 4) is 6.07 Å². The number of amides is 1. The quantitative estimate of drug-likeness (QED) is 0.226. The van der Waals surface area contributed by atoms with E-state index in [-0.39, 0.29) is 11.7 Å². The number of nitriles is 1. The van der Waals surface area contributed by atoms with Gasteiger partial charge in [-0.25, -0.2) is 4.39 Å². The van der Waals surface area contributed by atoms with E-state index in [1.807, 2.05) is 41.0 Å². The summed E-state index contributed by atoms with van der Waals surface area (Å²) in [5, 5.41) is 13.1. The lowest BCUT2D eigenvalue weighted by Gasteiger charge is -2.29. The second-order valence-corrected chi connectivity index (χ2v) is 10.7. The molecule has 5 rings (SSSR count). The molecule has 1 aromatic heterocycles. The van der Waals surface area contributed by atoms with Crippen molar-refractivity contribution in [1.82, 2.24) is 14.4 Å². The van der Waals surface area contributed by atoms with Crippen LogP contribution in [0.4, 0.5) is 10.1 Å². The molecule has 0 aliphatic carbocycles. The monoisotopic (exact) mass is 531 g/mol. The van der Waals surface area contributed by atoms with Crippen LogP contribution >= 0.6 is 0 Å². The van der Waals surface area contributed by atoms with Crippen molar-refractivity contribution in [2.45, 2.75) is 26.6 Å². The Morgan fingerprint density at radius 2 is 1.62 bits per heavy atom. The smallest absolute Gasteiger partial charge is 0.268 e. The lowest BCUT2D eigenvalue weighted by atomic mass is 10.1. The standard InChI is InChI=1S/C34H31FN4O/c1-24-30-19-33(38(32(30)17-16-31(24)35)22-28-11-7-10-27(18-28)20-36)34(40)37-21-25-12-14-29(15-13-25)39(2,3)23-26-8-5-4-6-9-26/h4-19H,21-23H2,1-3H3/p+1. The van der Waals surface area contributed by atoms with Gasteiger partial charge in [-0.15, -0.1) is 0 Å². The van der Waals surface area contributed by atoms with Crippen LogP contribution in [0, 0.1) is 24.1 Å². The molecule has 5 aromatic rings. The normalized spacial score (nSPS) is 11.4. The van der Waals surface area contributed by atoms with Gasteiger partial charge < -0.3 is 9.88 Å². The zero-order valence-electron chi connectivity index (χ0n) is 23.0. The fourth-order valence-electron chi connectivity index (χ4n) is 5.15. The molecule has 5 nitrogen and oxygen atoms in total. The number of halogens is 1. The van der Waals surface area contributed by atoms with E-state index in [0.717, 1.165) is 23.2 Å². The van der Waals surface area contributed by atoms with Gasteiger partial charge in [0.1, 0.15) is 23.7 Å². The predicted molar refractivity (Wildman–Crippen MR) is 158 cm³/mol. The van der Waals surface area contributed by atoms with Crippen LogP contribution in [0.1, 0.15) is 38.3 Å². The second-order valence-electron chi connectivity index (χ2n) is 10.7. The third-order valence-electron chi connectivity index (χ3n) is 7.43. The first-order valence-corrected chi connectivity index (χ1v) is 13.3. The minimum absolute atomic E-state index is 0.239. The highest BCUT2D eigenvalue weighted by Gasteiger charge is 2.21. The van der Waals surface area contributed by atoms with E-state index in [2.05, 4.69) is 61.9 Å². The number of rotatable bonds is 8. The number of carbonyl (C=O) groups is 1. The molecule has 0 saturated heterocycles. The minimum Gasteiger partial charge on any atom is -0.347 e. The zero-order chi connectivity index (χ0) is 28.3. The average Bonchev–Trinajstić information content (AvgIpc) is 3.33.